The monoisotopic (exact) mass is 324 g/mol. The van der Waals surface area contributed by atoms with E-state index in [2.05, 4.69) is 17.0 Å². The van der Waals surface area contributed by atoms with Gasteiger partial charge in [0, 0.05) is 30.3 Å². The number of nitrogens with zero attached hydrogens (tertiary/aromatic N) is 2. The summed E-state index contributed by atoms with van der Waals surface area (Å²) in [6, 6.07) is 15.3. The number of hydrogen-bond donors (Lipinski definition) is 0. The molecule has 0 saturated carbocycles. The zero-order valence-corrected chi connectivity index (χ0v) is 13.4. The lowest BCUT2D eigenvalue weighted by molar-refractivity contribution is 0.0658. The van der Waals surface area contributed by atoms with E-state index in [1.165, 1.54) is 15.5 Å². The van der Waals surface area contributed by atoms with Crippen LogP contribution in [0.1, 0.15) is 20.7 Å². The summed E-state index contributed by atoms with van der Waals surface area (Å²) in [5, 5.41) is 0. The molecule has 2 aromatic carbocycles. The first-order valence-electron chi connectivity index (χ1n) is 7.68. The number of thioether (sulfide) groups is 1. The van der Waals surface area contributed by atoms with Crippen LogP contribution in [-0.2, 0) is 0 Å². The first-order chi connectivity index (χ1) is 11.3. The Hall–Kier alpha value is -2.27. The Balaban J connectivity index is 1.51. The smallest absolute Gasteiger partial charge is 0.261 e. The fourth-order valence-corrected chi connectivity index (χ4v) is 4.17. The number of anilines is 1. The van der Waals surface area contributed by atoms with Gasteiger partial charge in [0.25, 0.3) is 11.8 Å². The number of hydrogen-bond acceptors (Lipinski definition) is 4. The second-order valence-corrected chi connectivity index (χ2v) is 6.75. The Bertz CT molecular complexity index is 755. The molecule has 2 aliphatic heterocycles. The van der Waals surface area contributed by atoms with Crippen molar-refractivity contribution in [2.75, 3.05) is 30.3 Å². The molecule has 116 valence electrons. The molecule has 4 nitrogen and oxygen atoms in total. The predicted octanol–water partition coefficient (Wildman–Crippen LogP) is 2.89. The highest BCUT2D eigenvalue weighted by Crippen LogP contribution is 2.34. The van der Waals surface area contributed by atoms with Crippen molar-refractivity contribution in [2.45, 2.75) is 4.90 Å². The molecule has 0 saturated heterocycles. The molecule has 5 heteroatoms. The third-order valence-electron chi connectivity index (χ3n) is 4.30. The summed E-state index contributed by atoms with van der Waals surface area (Å²) >= 11 is 1.85. The molecule has 4 rings (SSSR count). The van der Waals surface area contributed by atoms with E-state index < -0.39 is 0 Å². The van der Waals surface area contributed by atoms with Gasteiger partial charge in [-0.15, -0.1) is 11.8 Å². The minimum Gasteiger partial charge on any atom is -0.368 e. The summed E-state index contributed by atoms with van der Waals surface area (Å²) in [6.45, 7) is 2.03. The standard InChI is InChI=1S/C18H16N2O2S/c21-17-13-5-1-2-6-14(13)18(22)20(17)10-9-19-11-12-23-16-8-4-3-7-15(16)19/h1-8H,9-12H2. The first-order valence-corrected chi connectivity index (χ1v) is 8.66. The Morgan fingerprint density at radius 3 is 2.26 bits per heavy atom. The summed E-state index contributed by atoms with van der Waals surface area (Å²) in [4.78, 5) is 29.7. The molecule has 0 aliphatic carbocycles. The van der Waals surface area contributed by atoms with Crippen LogP contribution in [0.3, 0.4) is 0 Å². The molecule has 0 atom stereocenters. The molecular weight excluding hydrogens is 308 g/mol. The zero-order chi connectivity index (χ0) is 15.8. The van der Waals surface area contributed by atoms with Gasteiger partial charge in [-0.05, 0) is 24.3 Å². The van der Waals surface area contributed by atoms with Crippen LogP contribution in [0.5, 0.6) is 0 Å². The van der Waals surface area contributed by atoms with E-state index in [1.54, 1.807) is 24.3 Å². The van der Waals surface area contributed by atoms with Crippen LogP contribution in [0, 0.1) is 0 Å². The van der Waals surface area contributed by atoms with Gasteiger partial charge in [0.05, 0.1) is 16.8 Å². The van der Waals surface area contributed by atoms with Gasteiger partial charge in [0.2, 0.25) is 0 Å². The van der Waals surface area contributed by atoms with E-state index in [0.717, 1.165) is 12.3 Å². The molecule has 0 bridgehead atoms. The van der Waals surface area contributed by atoms with Crippen LogP contribution in [-0.4, -0.2) is 42.1 Å². The largest absolute Gasteiger partial charge is 0.368 e. The van der Waals surface area contributed by atoms with Crippen molar-refractivity contribution in [2.24, 2.45) is 0 Å². The Morgan fingerprint density at radius 1 is 0.870 bits per heavy atom. The Kier molecular flexibility index (Phi) is 3.58. The second kappa shape index (κ2) is 5.74. The molecule has 23 heavy (non-hydrogen) atoms. The van der Waals surface area contributed by atoms with Crippen molar-refractivity contribution in [3.63, 3.8) is 0 Å². The molecular formula is C18H16N2O2S. The number of fused-ring (bicyclic) bond motifs is 2. The molecule has 0 spiro atoms. The van der Waals surface area contributed by atoms with Gasteiger partial charge in [0.15, 0.2) is 0 Å². The van der Waals surface area contributed by atoms with Crippen molar-refractivity contribution >= 4 is 29.3 Å². The fraction of sp³-hybridized carbons (Fsp3) is 0.222. The lowest BCUT2D eigenvalue weighted by Gasteiger charge is -2.31. The van der Waals surface area contributed by atoms with Crippen molar-refractivity contribution in [3.8, 4) is 0 Å². The summed E-state index contributed by atoms with van der Waals surface area (Å²) in [7, 11) is 0. The molecule has 2 aliphatic rings. The summed E-state index contributed by atoms with van der Waals surface area (Å²) in [5.41, 5.74) is 2.24. The molecule has 0 N–H and O–H groups in total. The first kappa shape index (κ1) is 14.3. The highest BCUT2D eigenvalue weighted by atomic mass is 32.2. The average Bonchev–Trinajstić information content (AvgIpc) is 2.84. The molecule has 0 fully saturated rings. The van der Waals surface area contributed by atoms with Gasteiger partial charge in [-0.25, -0.2) is 0 Å². The van der Waals surface area contributed by atoms with Gasteiger partial charge in [0.1, 0.15) is 0 Å². The summed E-state index contributed by atoms with van der Waals surface area (Å²) < 4.78 is 0. The highest BCUT2D eigenvalue weighted by Gasteiger charge is 2.35. The van der Waals surface area contributed by atoms with Crippen molar-refractivity contribution in [3.05, 3.63) is 59.7 Å². The number of amides is 2. The van der Waals surface area contributed by atoms with Gasteiger partial charge in [-0.3, -0.25) is 14.5 Å². The fourth-order valence-electron chi connectivity index (χ4n) is 3.12. The van der Waals surface area contributed by atoms with E-state index >= 15 is 0 Å². The zero-order valence-electron chi connectivity index (χ0n) is 12.6. The third-order valence-corrected chi connectivity index (χ3v) is 5.34. The predicted molar refractivity (Wildman–Crippen MR) is 91.2 cm³/mol. The van der Waals surface area contributed by atoms with Crippen LogP contribution in [0.2, 0.25) is 0 Å². The number of para-hydroxylation sites is 1. The van der Waals surface area contributed by atoms with Gasteiger partial charge in [-0.2, -0.15) is 0 Å². The highest BCUT2D eigenvalue weighted by molar-refractivity contribution is 7.99. The number of rotatable bonds is 3. The van der Waals surface area contributed by atoms with E-state index in [9.17, 15) is 9.59 Å². The van der Waals surface area contributed by atoms with Crippen LogP contribution in [0.15, 0.2) is 53.4 Å². The topological polar surface area (TPSA) is 40.6 Å². The van der Waals surface area contributed by atoms with Crippen molar-refractivity contribution in [1.29, 1.82) is 0 Å². The van der Waals surface area contributed by atoms with Crippen LogP contribution in [0.4, 0.5) is 5.69 Å². The second-order valence-electron chi connectivity index (χ2n) is 5.61. The van der Waals surface area contributed by atoms with E-state index in [1.807, 2.05) is 23.9 Å². The SMILES string of the molecule is O=C1c2ccccc2C(=O)N1CCN1CCSc2ccccc21. The van der Waals surface area contributed by atoms with E-state index in [4.69, 9.17) is 0 Å². The van der Waals surface area contributed by atoms with Gasteiger partial charge < -0.3 is 4.90 Å². The maximum absolute atomic E-state index is 12.4. The minimum atomic E-state index is -0.176. The maximum Gasteiger partial charge on any atom is 0.261 e. The number of carbonyl (C=O) groups is 2. The Labute approximate surface area is 139 Å². The normalized spacial score (nSPS) is 16.5. The summed E-state index contributed by atoms with van der Waals surface area (Å²) in [6.07, 6.45) is 0. The van der Waals surface area contributed by atoms with E-state index in [-0.39, 0.29) is 11.8 Å². The van der Waals surface area contributed by atoms with E-state index in [0.29, 0.717) is 24.2 Å². The Morgan fingerprint density at radius 2 is 1.52 bits per heavy atom. The molecule has 2 amide bonds. The lowest BCUT2D eigenvalue weighted by Crippen LogP contribution is -2.40. The van der Waals surface area contributed by atoms with Crippen LogP contribution in [0.25, 0.3) is 0 Å². The molecule has 0 radical (unpaired) electrons. The molecule has 2 heterocycles. The lowest BCUT2D eigenvalue weighted by atomic mass is 10.1. The third kappa shape index (κ3) is 2.41. The number of benzene rings is 2. The van der Waals surface area contributed by atoms with Crippen molar-refractivity contribution in [1.82, 2.24) is 4.90 Å². The average molecular weight is 324 g/mol. The number of carbonyl (C=O) groups excluding carboxylic acids is 2. The van der Waals surface area contributed by atoms with Crippen molar-refractivity contribution < 1.29 is 9.59 Å². The minimum absolute atomic E-state index is 0.176. The van der Waals surface area contributed by atoms with Crippen LogP contribution >= 0.6 is 11.8 Å². The quantitative estimate of drug-likeness (QED) is 0.814. The molecule has 0 aromatic heterocycles. The van der Waals surface area contributed by atoms with Crippen LogP contribution < -0.4 is 4.90 Å². The summed E-state index contributed by atoms with van der Waals surface area (Å²) in [5.74, 6) is 0.676. The molecule has 0 unspecified atom stereocenters. The van der Waals surface area contributed by atoms with Gasteiger partial charge >= 0.3 is 0 Å². The number of imide groups is 1. The maximum atomic E-state index is 12.4. The molecule has 2 aromatic rings. The van der Waals surface area contributed by atoms with Gasteiger partial charge in [-0.1, -0.05) is 24.3 Å².